The van der Waals surface area contributed by atoms with Crippen molar-refractivity contribution in [2.45, 2.75) is 6.92 Å². The molecular formula is C28H24N4O3. The molecule has 1 aromatic heterocycles. The molecule has 0 saturated carbocycles. The predicted octanol–water partition coefficient (Wildman–Crippen LogP) is 5.13. The first-order valence-corrected chi connectivity index (χ1v) is 11.0. The van der Waals surface area contributed by atoms with Crippen molar-refractivity contribution in [1.29, 1.82) is 5.26 Å². The lowest BCUT2D eigenvalue weighted by atomic mass is 10.1. The number of hydrogen-bond donors (Lipinski definition) is 1. The molecule has 0 fully saturated rings. The first kappa shape index (κ1) is 23.3. The van der Waals surface area contributed by atoms with Crippen molar-refractivity contribution in [3.05, 3.63) is 102 Å². The summed E-state index contributed by atoms with van der Waals surface area (Å²) in [6, 6.07) is 28.8. The number of ether oxygens (including phenoxy) is 2. The summed E-state index contributed by atoms with van der Waals surface area (Å²) in [4.78, 5) is 12.6. The minimum Gasteiger partial charge on any atom is -0.493 e. The Morgan fingerprint density at radius 1 is 1.03 bits per heavy atom. The molecule has 7 nitrogen and oxygen atoms in total. The van der Waals surface area contributed by atoms with Crippen molar-refractivity contribution in [2.75, 3.05) is 13.7 Å². The number of carbonyl (C=O) groups is 1. The van der Waals surface area contributed by atoms with Crippen molar-refractivity contribution in [2.24, 2.45) is 5.10 Å². The van der Waals surface area contributed by atoms with Crippen LogP contribution in [0.4, 0.5) is 0 Å². The highest BCUT2D eigenvalue weighted by Crippen LogP contribution is 2.28. The van der Waals surface area contributed by atoms with Crippen LogP contribution in [-0.2, 0) is 0 Å². The van der Waals surface area contributed by atoms with E-state index in [0.29, 0.717) is 22.6 Å². The van der Waals surface area contributed by atoms with Crippen molar-refractivity contribution in [3.8, 4) is 34.5 Å². The number of methoxy groups -OCH3 is 1. The number of hydrazone groups is 1. The van der Waals surface area contributed by atoms with Gasteiger partial charge in [0.1, 0.15) is 6.07 Å². The fourth-order valence-corrected chi connectivity index (χ4v) is 3.70. The van der Waals surface area contributed by atoms with E-state index in [0.717, 1.165) is 22.6 Å². The molecule has 0 aliphatic rings. The van der Waals surface area contributed by atoms with Gasteiger partial charge in [-0.15, -0.1) is 0 Å². The van der Waals surface area contributed by atoms with Gasteiger partial charge < -0.3 is 14.0 Å². The van der Waals surface area contributed by atoms with Gasteiger partial charge in [-0.2, -0.15) is 10.4 Å². The molecule has 35 heavy (non-hydrogen) atoms. The van der Waals surface area contributed by atoms with E-state index in [-0.39, 0.29) is 12.5 Å². The second kappa shape index (κ2) is 10.9. The van der Waals surface area contributed by atoms with Crippen LogP contribution in [0.25, 0.3) is 16.9 Å². The largest absolute Gasteiger partial charge is 0.493 e. The number of nitriles is 1. The molecule has 0 unspecified atom stereocenters. The summed E-state index contributed by atoms with van der Waals surface area (Å²) in [5, 5.41) is 12.7. The first-order chi connectivity index (χ1) is 17.1. The summed E-state index contributed by atoms with van der Waals surface area (Å²) in [5.74, 6) is 0.617. The number of benzene rings is 3. The Morgan fingerprint density at radius 2 is 1.80 bits per heavy atom. The highest BCUT2D eigenvalue weighted by molar-refractivity contribution is 5.95. The average molecular weight is 465 g/mol. The van der Waals surface area contributed by atoms with Gasteiger partial charge in [-0.1, -0.05) is 30.3 Å². The van der Waals surface area contributed by atoms with Gasteiger partial charge >= 0.3 is 0 Å². The third-order valence-corrected chi connectivity index (χ3v) is 5.39. The van der Waals surface area contributed by atoms with Gasteiger partial charge in [-0.05, 0) is 72.6 Å². The maximum Gasteiger partial charge on any atom is 0.271 e. The molecule has 1 N–H and O–H groups in total. The molecule has 1 heterocycles. The normalized spacial score (nSPS) is 10.7. The quantitative estimate of drug-likeness (QED) is 0.289. The molecule has 7 heteroatoms. The molecule has 0 radical (unpaired) electrons. The minimum absolute atomic E-state index is 0.0733. The number of rotatable bonds is 8. The summed E-state index contributed by atoms with van der Waals surface area (Å²) in [5.41, 5.74) is 8.03. The van der Waals surface area contributed by atoms with Crippen LogP contribution in [0.3, 0.4) is 0 Å². The van der Waals surface area contributed by atoms with E-state index in [2.05, 4.69) is 46.3 Å². The molecule has 0 bridgehead atoms. The molecule has 4 rings (SSSR count). The molecular weight excluding hydrogens is 440 g/mol. The summed E-state index contributed by atoms with van der Waals surface area (Å²) in [7, 11) is 1.51. The number of aromatic nitrogens is 1. The maximum atomic E-state index is 12.6. The zero-order chi connectivity index (χ0) is 24.6. The fourth-order valence-electron chi connectivity index (χ4n) is 3.70. The van der Waals surface area contributed by atoms with Crippen molar-refractivity contribution >= 4 is 12.1 Å². The van der Waals surface area contributed by atoms with Crippen LogP contribution in [-0.4, -0.2) is 30.4 Å². The third-order valence-electron chi connectivity index (χ3n) is 5.39. The van der Waals surface area contributed by atoms with Crippen LogP contribution < -0.4 is 14.9 Å². The van der Waals surface area contributed by atoms with E-state index in [1.807, 2.05) is 36.4 Å². The van der Waals surface area contributed by atoms with Gasteiger partial charge in [0.05, 0.1) is 19.0 Å². The fraction of sp³-hybridized carbons (Fsp3) is 0.107. The lowest BCUT2D eigenvalue weighted by molar-refractivity contribution is 0.0955. The molecule has 3 aromatic carbocycles. The Kier molecular flexibility index (Phi) is 7.24. The molecule has 0 atom stereocenters. The standard InChI is InChI=1S/C28H24N4O3/c1-20-8-14-25(22-6-4-3-5-7-22)32(20)24-12-10-23(11-13-24)28(33)31-30-19-21-9-15-26(35-17-16-29)27(18-21)34-2/h3-15,18-19H,17H2,1-2H3,(H,31,33)/b30-19+. The zero-order valence-corrected chi connectivity index (χ0v) is 19.4. The number of hydrogen-bond acceptors (Lipinski definition) is 5. The van der Waals surface area contributed by atoms with E-state index in [4.69, 9.17) is 14.7 Å². The van der Waals surface area contributed by atoms with Gasteiger partial charge in [0.25, 0.3) is 5.91 Å². The molecule has 174 valence electrons. The molecule has 0 aliphatic carbocycles. The second-order valence-electron chi connectivity index (χ2n) is 7.66. The van der Waals surface area contributed by atoms with E-state index in [1.165, 1.54) is 13.3 Å². The Bertz CT molecular complexity index is 1380. The van der Waals surface area contributed by atoms with Crippen molar-refractivity contribution in [3.63, 3.8) is 0 Å². The van der Waals surface area contributed by atoms with E-state index >= 15 is 0 Å². The van der Waals surface area contributed by atoms with E-state index in [9.17, 15) is 4.79 Å². The highest BCUT2D eigenvalue weighted by Gasteiger charge is 2.11. The Balaban J connectivity index is 1.45. The molecule has 4 aromatic rings. The smallest absolute Gasteiger partial charge is 0.271 e. The molecule has 1 amide bonds. The van der Waals surface area contributed by atoms with E-state index < -0.39 is 0 Å². The molecule has 0 spiro atoms. The summed E-state index contributed by atoms with van der Waals surface area (Å²) in [6.45, 7) is 1.98. The maximum absolute atomic E-state index is 12.6. The average Bonchev–Trinajstić information content (AvgIpc) is 3.29. The van der Waals surface area contributed by atoms with Crippen LogP contribution in [0.5, 0.6) is 11.5 Å². The number of nitrogens with zero attached hydrogens (tertiary/aromatic N) is 3. The number of aryl methyl sites for hydroxylation is 1. The topological polar surface area (TPSA) is 88.6 Å². The molecule has 0 saturated heterocycles. The van der Waals surface area contributed by atoms with Gasteiger partial charge in [-0.3, -0.25) is 4.79 Å². The Labute approximate surface area is 203 Å². The van der Waals surface area contributed by atoms with Crippen LogP contribution >= 0.6 is 0 Å². The number of nitrogens with one attached hydrogen (secondary N) is 1. The predicted molar refractivity (Wildman–Crippen MR) is 135 cm³/mol. The van der Waals surface area contributed by atoms with Crippen LogP contribution in [0.2, 0.25) is 0 Å². The van der Waals surface area contributed by atoms with Crippen molar-refractivity contribution < 1.29 is 14.3 Å². The van der Waals surface area contributed by atoms with Crippen LogP contribution in [0.1, 0.15) is 21.6 Å². The van der Waals surface area contributed by atoms with E-state index in [1.54, 1.807) is 30.3 Å². The third kappa shape index (κ3) is 5.40. The highest BCUT2D eigenvalue weighted by atomic mass is 16.5. The van der Waals surface area contributed by atoms with Gasteiger partial charge in [0.2, 0.25) is 0 Å². The van der Waals surface area contributed by atoms with Gasteiger partial charge in [0, 0.05) is 16.9 Å². The minimum atomic E-state index is -0.318. The Morgan fingerprint density at radius 3 is 2.51 bits per heavy atom. The number of carbonyl (C=O) groups excluding carboxylic acids is 1. The monoisotopic (exact) mass is 464 g/mol. The van der Waals surface area contributed by atoms with Crippen LogP contribution in [0, 0.1) is 18.3 Å². The van der Waals surface area contributed by atoms with Crippen molar-refractivity contribution in [1.82, 2.24) is 9.99 Å². The van der Waals surface area contributed by atoms with Crippen LogP contribution in [0.15, 0.2) is 90.0 Å². The lowest BCUT2D eigenvalue weighted by Crippen LogP contribution is -2.17. The van der Waals surface area contributed by atoms with Gasteiger partial charge in [0.15, 0.2) is 18.1 Å². The summed E-state index contributed by atoms with van der Waals surface area (Å²) in [6.07, 6.45) is 1.51. The summed E-state index contributed by atoms with van der Waals surface area (Å²) >= 11 is 0. The zero-order valence-electron chi connectivity index (χ0n) is 19.4. The first-order valence-electron chi connectivity index (χ1n) is 11.0. The SMILES string of the molecule is COc1cc(/C=N/NC(=O)c2ccc(-n3c(C)ccc3-c3ccccc3)cc2)ccc1OCC#N. The second-order valence-corrected chi connectivity index (χ2v) is 7.66. The molecule has 0 aliphatic heterocycles. The Hall–Kier alpha value is -4.83. The summed E-state index contributed by atoms with van der Waals surface area (Å²) < 4.78 is 12.7. The van der Waals surface area contributed by atoms with Gasteiger partial charge in [-0.25, -0.2) is 5.43 Å². The lowest BCUT2D eigenvalue weighted by Gasteiger charge is -2.12. The number of amides is 1.